The molecule has 0 unspecified atom stereocenters. The molecular weight excluding hydrogens is 552 g/mol. The van der Waals surface area contributed by atoms with Gasteiger partial charge in [0.25, 0.3) is 0 Å². The third kappa shape index (κ3) is 5.91. The first-order valence-electron chi connectivity index (χ1n) is 12.1. The molecule has 0 radical (unpaired) electrons. The number of benzene rings is 1. The second-order valence-corrected chi connectivity index (χ2v) is 12.4. The Morgan fingerprint density at radius 2 is 2.13 bits per heavy atom. The van der Waals surface area contributed by atoms with Crippen molar-refractivity contribution in [1.29, 1.82) is 0 Å². The van der Waals surface area contributed by atoms with Crippen molar-refractivity contribution in [2.75, 3.05) is 18.5 Å². The lowest BCUT2D eigenvalue weighted by Crippen LogP contribution is -2.24. The van der Waals surface area contributed by atoms with Crippen LogP contribution in [0.1, 0.15) is 55.7 Å². The Labute approximate surface area is 229 Å². The number of thiophene rings is 1. The van der Waals surface area contributed by atoms with Crippen LogP contribution >= 0.6 is 22.9 Å². The number of aryl methyl sites for hydroxylation is 1. The zero-order chi connectivity index (χ0) is 27.0. The average Bonchev–Trinajstić information content (AvgIpc) is 3.43. The smallest absolute Gasteiger partial charge is 0.333 e. The van der Waals surface area contributed by atoms with Crippen molar-refractivity contribution in [3.63, 3.8) is 0 Å². The number of aliphatic hydroxyl groups excluding tert-OH is 1. The third-order valence-corrected chi connectivity index (χ3v) is 8.68. The van der Waals surface area contributed by atoms with E-state index in [1.807, 2.05) is 31.2 Å². The Hall–Kier alpha value is -2.45. The van der Waals surface area contributed by atoms with Crippen LogP contribution in [0.15, 0.2) is 36.8 Å². The van der Waals surface area contributed by atoms with E-state index in [4.69, 9.17) is 21.5 Å². The van der Waals surface area contributed by atoms with Gasteiger partial charge < -0.3 is 15.2 Å². The number of nitrogens with one attached hydrogen (secondary N) is 1. The number of halogens is 1. The van der Waals surface area contributed by atoms with Crippen LogP contribution in [0.5, 0.6) is 0 Å². The molecule has 10 nitrogen and oxygen atoms in total. The number of aromatic nitrogens is 2. The van der Waals surface area contributed by atoms with Gasteiger partial charge >= 0.3 is 10.3 Å². The number of ketones is 1. The maximum Gasteiger partial charge on any atom is 0.333 e. The molecule has 0 spiro atoms. The highest BCUT2D eigenvalue weighted by Gasteiger charge is 2.35. The summed E-state index contributed by atoms with van der Waals surface area (Å²) in [6.45, 7) is 2.32. The number of fused-ring (bicyclic) bond motifs is 1. The van der Waals surface area contributed by atoms with E-state index in [9.17, 15) is 18.3 Å². The number of aliphatic hydroxyl groups is 1. The molecule has 4 atom stereocenters. The standard InChI is InChI=1S/C25H27ClN4O6S2/c1-13-18(24-19-7-16(26)3-2-14(19)4-5-35-24)9-22(37-13)23(32)20-10-28-12-29-25(20)30-17-6-15(21(31)8-17)11-36-38(27,33)34/h2-3,7,9-10,12,15,17,21,24,31H,4-6,8,11H2,1H3,(H2,27,33,34)(H,28,29,30)/t15-,17-,21+,24+/m1/s1. The number of ether oxygens (including phenoxy) is 1. The van der Waals surface area contributed by atoms with Crippen molar-refractivity contribution >= 4 is 44.8 Å². The molecule has 0 saturated heterocycles. The van der Waals surface area contributed by atoms with E-state index in [-0.39, 0.29) is 24.5 Å². The second kappa shape index (κ2) is 11.0. The van der Waals surface area contributed by atoms with Crippen LogP contribution in [-0.4, -0.2) is 54.6 Å². The number of nitrogens with two attached hydrogens (primary N) is 1. The SMILES string of the molecule is Cc1sc(C(=O)c2cncnc2N[C@@H]2C[C@H](COS(N)(=O)=O)[C@@H](O)C2)cc1[C@@H]1OCCc2ccc(Cl)cc21. The first-order valence-corrected chi connectivity index (χ1v) is 14.7. The molecule has 202 valence electrons. The van der Waals surface area contributed by atoms with E-state index in [0.717, 1.165) is 22.4 Å². The molecule has 1 aliphatic carbocycles. The summed E-state index contributed by atoms with van der Waals surface area (Å²) in [5.41, 5.74) is 3.41. The Bertz CT molecular complexity index is 1460. The fraction of sp³-hybridized carbons (Fsp3) is 0.400. The van der Waals surface area contributed by atoms with Crippen LogP contribution in [0.3, 0.4) is 0 Å². The van der Waals surface area contributed by atoms with Crippen LogP contribution in [0.4, 0.5) is 5.82 Å². The van der Waals surface area contributed by atoms with Crippen LogP contribution in [0.2, 0.25) is 5.02 Å². The lowest BCUT2D eigenvalue weighted by Gasteiger charge is -2.26. The van der Waals surface area contributed by atoms with Crippen LogP contribution in [0.25, 0.3) is 0 Å². The van der Waals surface area contributed by atoms with Gasteiger partial charge in [-0.3, -0.25) is 8.98 Å². The van der Waals surface area contributed by atoms with Gasteiger partial charge in [0.2, 0.25) is 5.78 Å². The molecule has 1 aromatic carbocycles. The number of nitrogens with zero attached hydrogens (tertiary/aromatic N) is 2. The molecule has 13 heteroatoms. The number of hydrogen-bond acceptors (Lipinski definition) is 10. The third-order valence-electron chi connectivity index (χ3n) is 6.91. The average molecular weight is 579 g/mol. The number of carbonyl (C=O) groups excluding carboxylic acids is 1. The summed E-state index contributed by atoms with van der Waals surface area (Å²) >= 11 is 7.64. The zero-order valence-electron chi connectivity index (χ0n) is 20.5. The van der Waals surface area contributed by atoms with Crippen molar-refractivity contribution in [2.45, 2.75) is 44.4 Å². The molecular formula is C25H27ClN4O6S2. The van der Waals surface area contributed by atoms with Gasteiger partial charge in [0.05, 0.1) is 29.8 Å². The van der Waals surface area contributed by atoms with E-state index in [2.05, 4.69) is 19.5 Å². The molecule has 1 aliphatic heterocycles. The van der Waals surface area contributed by atoms with Gasteiger partial charge in [-0.1, -0.05) is 17.7 Å². The van der Waals surface area contributed by atoms with Crippen molar-refractivity contribution in [2.24, 2.45) is 11.1 Å². The molecule has 38 heavy (non-hydrogen) atoms. The molecule has 0 amide bonds. The monoisotopic (exact) mass is 578 g/mol. The van der Waals surface area contributed by atoms with Crippen molar-refractivity contribution in [3.05, 3.63) is 73.8 Å². The fourth-order valence-electron chi connectivity index (χ4n) is 5.06. The number of rotatable bonds is 8. The van der Waals surface area contributed by atoms with Crippen LogP contribution in [0, 0.1) is 12.8 Å². The minimum absolute atomic E-state index is 0.220. The highest BCUT2D eigenvalue weighted by molar-refractivity contribution is 7.84. The van der Waals surface area contributed by atoms with Crippen molar-refractivity contribution in [3.8, 4) is 0 Å². The fourth-order valence-corrected chi connectivity index (χ4v) is 6.61. The minimum atomic E-state index is -4.10. The highest BCUT2D eigenvalue weighted by Crippen LogP contribution is 2.39. The number of hydrogen-bond donors (Lipinski definition) is 3. The summed E-state index contributed by atoms with van der Waals surface area (Å²) < 4.78 is 33.0. The molecule has 3 heterocycles. The molecule has 5 rings (SSSR count). The Morgan fingerprint density at radius 3 is 2.92 bits per heavy atom. The van der Waals surface area contributed by atoms with E-state index < -0.39 is 22.3 Å². The highest BCUT2D eigenvalue weighted by atomic mass is 35.5. The Balaban J connectivity index is 1.35. The summed E-state index contributed by atoms with van der Waals surface area (Å²) in [7, 11) is -4.10. The first-order chi connectivity index (χ1) is 18.1. The summed E-state index contributed by atoms with van der Waals surface area (Å²) in [5, 5.41) is 19.1. The van der Waals surface area contributed by atoms with E-state index in [0.29, 0.717) is 40.7 Å². The van der Waals surface area contributed by atoms with E-state index in [1.165, 1.54) is 29.4 Å². The Morgan fingerprint density at radius 1 is 1.32 bits per heavy atom. The van der Waals surface area contributed by atoms with Gasteiger partial charge in [0, 0.05) is 28.1 Å². The summed E-state index contributed by atoms with van der Waals surface area (Å²) in [5.74, 6) is -0.322. The maximum atomic E-state index is 13.6. The lowest BCUT2D eigenvalue weighted by atomic mass is 9.93. The largest absolute Gasteiger partial charge is 0.393 e. The molecule has 1 fully saturated rings. The van der Waals surface area contributed by atoms with Crippen LogP contribution in [-0.2, 0) is 25.6 Å². The van der Waals surface area contributed by atoms with Gasteiger partial charge in [-0.15, -0.1) is 11.3 Å². The van der Waals surface area contributed by atoms with Gasteiger partial charge in [-0.05, 0) is 61.1 Å². The second-order valence-electron chi connectivity index (χ2n) is 9.50. The van der Waals surface area contributed by atoms with Crippen molar-refractivity contribution in [1.82, 2.24) is 9.97 Å². The van der Waals surface area contributed by atoms with E-state index >= 15 is 0 Å². The van der Waals surface area contributed by atoms with Crippen LogP contribution < -0.4 is 10.5 Å². The summed E-state index contributed by atoms with van der Waals surface area (Å²) in [4.78, 5) is 23.4. The maximum absolute atomic E-state index is 13.6. The first kappa shape index (κ1) is 27.1. The van der Waals surface area contributed by atoms with E-state index in [1.54, 1.807) is 0 Å². The molecule has 4 N–H and O–H groups in total. The van der Waals surface area contributed by atoms with Gasteiger partial charge in [0.15, 0.2) is 0 Å². The molecule has 2 aromatic heterocycles. The topological polar surface area (TPSA) is 154 Å². The minimum Gasteiger partial charge on any atom is -0.393 e. The Kier molecular flexibility index (Phi) is 7.83. The summed E-state index contributed by atoms with van der Waals surface area (Å²) in [6, 6.07) is 7.42. The molecule has 2 aliphatic rings. The quantitative estimate of drug-likeness (QED) is 0.342. The number of carbonyl (C=O) groups is 1. The number of anilines is 1. The molecule has 1 saturated carbocycles. The normalized spacial score (nSPS) is 23.3. The van der Waals surface area contributed by atoms with Crippen molar-refractivity contribution < 1.29 is 27.2 Å². The van der Waals surface area contributed by atoms with Gasteiger partial charge in [-0.25, -0.2) is 15.1 Å². The predicted molar refractivity (Wildman–Crippen MR) is 143 cm³/mol. The zero-order valence-corrected chi connectivity index (χ0v) is 22.9. The predicted octanol–water partition coefficient (Wildman–Crippen LogP) is 3.16. The lowest BCUT2D eigenvalue weighted by molar-refractivity contribution is 0.0697. The molecule has 3 aromatic rings. The van der Waals surface area contributed by atoms with Gasteiger partial charge in [-0.2, -0.15) is 8.42 Å². The molecule has 0 bridgehead atoms. The summed E-state index contributed by atoms with van der Waals surface area (Å²) in [6.07, 6.45) is 3.26. The van der Waals surface area contributed by atoms with Gasteiger partial charge in [0.1, 0.15) is 18.2 Å².